The van der Waals surface area contributed by atoms with Crippen molar-refractivity contribution in [2.45, 2.75) is 53.0 Å². The van der Waals surface area contributed by atoms with Crippen LogP contribution in [0.5, 0.6) is 5.75 Å². The van der Waals surface area contributed by atoms with E-state index in [4.69, 9.17) is 0 Å². The van der Waals surface area contributed by atoms with Crippen LogP contribution < -0.4 is 0 Å². The Morgan fingerprint density at radius 3 is 2.05 bits per heavy atom. The Labute approximate surface area is 121 Å². The van der Waals surface area contributed by atoms with E-state index in [1.165, 1.54) is 5.56 Å². The molecule has 0 aliphatic carbocycles. The van der Waals surface area contributed by atoms with Gasteiger partial charge in [0.05, 0.1) is 11.2 Å². The van der Waals surface area contributed by atoms with Crippen LogP contribution in [0, 0.1) is 6.92 Å². The predicted molar refractivity (Wildman–Crippen MR) is 83.1 cm³/mol. The van der Waals surface area contributed by atoms with Crippen LogP contribution in [0.1, 0.15) is 51.8 Å². The third-order valence-electron chi connectivity index (χ3n) is 3.40. The number of hydrogen-bond donors (Lipinski definition) is 1. The van der Waals surface area contributed by atoms with Gasteiger partial charge in [0, 0.05) is 5.56 Å². The van der Waals surface area contributed by atoms with E-state index in [0.717, 1.165) is 11.3 Å². The zero-order valence-electron chi connectivity index (χ0n) is 13.2. The minimum atomic E-state index is -0.153. The number of benzene rings is 1. The van der Waals surface area contributed by atoms with Gasteiger partial charge in [0.25, 0.3) is 0 Å². The highest BCUT2D eigenvalue weighted by Crippen LogP contribution is 2.38. The Hall–Kier alpha value is -1.77. The number of aryl methyl sites for hydroxylation is 1. The molecule has 0 unspecified atom stereocenters. The third-order valence-corrected chi connectivity index (χ3v) is 3.40. The highest BCUT2D eigenvalue weighted by atomic mass is 16.3. The molecule has 2 rings (SSSR count). The van der Waals surface area contributed by atoms with E-state index < -0.39 is 0 Å². The van der Waals surface area contributed by atoms with E-state index >= 15 is 0 Å². The quantitative estimate of drug-likeness (QED) is 0.877. The average Bonchev–Trinajstić information content (AvgIpc) is 2.68. The molecular weight excluding hydrogens is 248 g/mol. The van der Waals surface area contributed by atoms with Gasteiger partial charge in [-0.2, -0.15) is 5.10 Å². The van der Waals surface area contributed by atoms with Crippen LogP contribution >= 0.6 is 0 Å². The van der Waals surface area contributed by atoms with Crippen molar-refractivity contribution < 1.29 is 5.11 Å². The van der Waals surface area contributed by atoms with Crippen molar-refractivity contribution in [1.29, 1.82) is 0 Å². The van der Waals surface area contributed by atoms with Crippen molar-refractivity contribution in [3.8, 4) is 17.0 Å². The fourth-order valence-electron chi connectivity index (χ4n) is 2.36. The van der Waals surface area contributed by atoms with Crippen LogP contribution in [-0.2, 0) is 5.54 Å². The fraction of sp³-hybridized carbons (Fsp3) is 0.471. The summed E-state index contributed by atoms with van der Waals surface area (Å²) in [4.78, 5) is 0. The number of aromatic hydroxyl groups is 1. The molecule has 0 aliphatic rings. The Morgan fingerprint density at radius 2 is 1.65 bits per heavy atom. The summed E-state index contributed by atoms with van der Waals surface area (Å²) in [5.41, 5.74) is 3.57. The van der Waals surface area contributed by atoms with E-state index in [-0.39, 0.29) is 11.5 Å². The van der Waals surface area contributed by atoms with E-state index in [2.05, 4.69) is 46.6 Å². The van der Waals surface area contributed by atoms with Crippen molar-refractivity contribution in [3.63, 3.8) is 0 Å². The molecule has 3 nitrogen and oxygen atoms in total. The molecule has 1 aromatic heterocycles. The smallest absolute Gasteiger partial charge is 0.165 e. The van der Waals surface area contributed by atoms with Gasteiger partial charge in [0.1, 0.15) is 5.69 Å². The molecule has 3 heteroatoms. The minimum absolute atomic E-state index is 0.153. The molecule has 2 aromatic rings. The first-order valence-corrected chi connectivity index (χ1v) is 7.11. The lowest BCUT2D eigenvalue weighted by molar-refractivity contribution is 0.334. The lowest BCUT2D eigenvalue weighted by Gasteiger charge is -2.23. The first-order valence-electron chi connectivity index (χ1n) is 7.11. The molecule has 0 amide bonds. The maximum Gasteiger partial charge on any atom is 0.165 e. The summed E-state index contributed by atoms with van der Waals surface area (Å²) in [5, 5.41) is 15.3. The molecule has 0 aliphatic heterocycles. The molecule has 1 heterocycles. The highest BCUT2D eigenvalue weighted by Gasteiger charge is 2.26. The standard InChI is InChI=1S/C17H24N2O/c1-11(2)15-16(20)14(18-19(15)17(4,5)6)13-9-7-12(3)8-10-13/h7-11,20H,1-6H3. The summed E-state index contributed by atoms with van der Waals surface area (Å²) in [7, 11) is 0. The number of hydrogen-bond acceptors (Lipinski definition) is 2. The average molecular weight is 272 g/mol. The monoisotopic (exact) mass is 272 g/mol. The highest BCUT2D eigenvalue weighted by molar-refractivity contribution is 5.67. The SMILES string of the molecule is Cc1ccc(-c2nn(C(C)(C)C)c(C(C)C)c2O)cc1. The maximum absolute atomic E-state index is 10.6. The number of nitrogens with zero attached hydrogens (tertiary/aromatic N) is 2. The van der Waals surface area contributed by atoms with Crippen molar-refractivity contribution in [2.24, 2.45) is 0 Å². The van der Waals surface area contributed by atoms with Gasteiger partial charge < -0.3 is 5.11 Å². The molecule has 20 heavy (non-hydrogen) atoms. The summed E-state index contributed by atoms with van der Waals surface area (Å²) in [6.45, 7) is 12.5. The summed E-state index contributed by atoms with van der Waals surface area (Å²) in [6, 6.07) is 8.10. The zero-order valence-corrected chi connectivity index (χ0v) is 13.2. The normalized spacial score (nSPS) is 12.2. The zero-order chi connectivity index (χ0) is 15.1. The van der Waals surface area contributed by atoms with E-state index in [9.17, 15) is 5.11 Å². The van der Waals surface area contributed by atoms with Crippen molar-refractivity contribution in [3.05, 3.63) is 35.5 Å². The molecule has 0 spiro atoms. The van der Waals surface area contributed by atoms with Crippen molar-refractivity contribution in [1.82, 2.24) is 9.78 Å². The third kappa shape index (κ3) is 2.58. The Morgan fingerprint density at radius 1 is 1.10 bits per heavy atom. The van der Waals surface area contributed by atoms with Gasteiger partial charge in [-0.25, -0.2) is 0 Å². The van der Waals surface area contributed by atoms with Gasteiger partial charge in [-0.3, -0.25) is 4.68 Å². The second kappa shape index (κ2) is 4.97. The van der Waals surface area contributed by atoms with Gasteiger partial charge >= 0.3 is 0 Å². The molecule has 1 aromatic carbocycles. The molecule has 1 N–H and O–H groups in total. The van der Waals surface area contributed by atoms with Gasteiger partial charge in [0.15, 0.2) is 5.75 Å². The van der Waals surface area contributed by atoms with Crippen LogP contribution in [-0.4, -0.2) is 14.9 Å². The summed E-state index contributed by atoms with van der Waals surface area (Å²) in [5.74, 6) is 0.528. The number of aromatic nitrogens is 2. The molecule has 0 saturated heterocycles. The lowest BCUT2D eigenvalue weighted by Crippen LogP contribution is -2.25. The Kier molecular flexibility index (Phi) is 3.63. The molecule has 0 saturated carbocycles. The summed E-state index contributed by atoms with van der Waals surface area (Å²) in [6.07, 6.45) is 0. The molecule has 108 valence electrons. The van der Waals surface area contributed by atoms with Crippen LogP contribution in [0.15, 0.2) is 24.3 Å². The first kappa shape index (κ1) is 14.6. The van der Waals surface area contributed by atoms with Crippen LogP contribution in [0.3, 0.4) is 0 Å². The summed E-state index contributed by atoms with van der Waals surface area (Å²) < 4.78 is 1.95. The number of rotatable bonds is 2. The first-order chi connectivity index (χ1) is 9.21. The van der Waals surface area contributed by atoms with E-state index in [0.29, 0.717) is 11.4 Å². The fourth-order valence-corrected chi connectivity index (χ4v) is 2.36. The van der Waals surface area contributed by atoms with E-state index in [1.54, 1.807) is 0 Å². The lowest BCUT2D eigenvalue weighted by atomic mass is 10.0. The Bertz CT molecular complexity index is 601. The van der Waals surface area contributed by atoms with Gasteiger partial charge in [-0.1, -0.05) is 43.7 Å². The van der Waals surface area contributed by atoms with Gasteiger partial charge in [0.2, 0.25) is 0 Å². The largest absolute Gasteiger partial charge is 0.504 e. The van der Waals surface area contributed by atoms with Crippen molar-refractivity contribution in [2.75, 3.05) is 0 Å². The van der Waals surface area contributed by atoms with Gasteiger partial charge in [-0.05, 0) is 33.6 Å². The Balaban J connectivity index is 2.64. The van der Waals surface area contributed by atoms with Gasteiger partial charge in [-0.15, -0.1) is 0 Å². The maximum atomic E-state index is 10.6. The molecule has 0 radical (unpaired) electrons. The minimum Gasteiger partial charge on any atom is -0.504 e. The van der Waals surface area contributed by atoms with Crippen LogP contribution in [0.25, 0.3) is 11.3 Å². The second-order valence-corrected chi connectivity index (χ2v) is 6.69. The van der Waals surface area contributed by atoms with E-state index in [1.807, 2.05) is 28.9 Å². The second-order valence-electron chi connectivity index (χ2n) is 6.69. The molecule has 0 atom stereocenters. The van der Waals surface area contributed by atoms with Crippen LogP contribution in [0.4, 0.5) is 0 Å². The molecule has 0 bridgehead atoms. The molecule has 0 fully saturated rings. The van der Waals surface area contributed by atoms with Crippen molar-refractivity contribution >= 4 is 0 Å². The topological polar surface area (TPSA) is 38.0 Å². The van der Waals surface area contributed by atoms with Crippen LogP contribution in [0.2, 0.25) is 0 Å². The molecular formula is C17H24N2O. The predicted octanol–water partition coefficient (Wildman–Crippen LogP) is 4.44. The summed E-state index contributed by atoms with van der Waals surface area (Å²) >= 11 is 0.